The molecule has 3 rings (SSSR count). The molecule has 2 heterocycles. The van der Waals surface area contributed by atoms with E-state index in [1.54, 1.807) is 42.7 Å². The molecule has 0 saturated carbocycles. The van der Waals surface area contributed by atoms with E-state index in [1.807, 2.05) is 17.0 Å². The largest absolute Gasteiger partial charge is 0.337 e. The van der Waals surface area contributed by atoms with Gasteiger partial charge in [-0.3, -0.25) is 14.7 Å². The third kappa shape index (κ3) is 4.82. The molecule has 0 atom stereocenters. The highest BCUT2D eigenvalue weighted by Gasteiger charge is 2.19. The lowest BCUT2D eigenvalue weighted by Crippen LogP contribution is -2.47. The molecule has 0 aliphatic carbocycles. The van der Waals surface area contributed by atoms with E-state index in [9.17, 15) is 4.79 Å². The molecule has 0 radical (unpaired) electrons. The molecule has 6 heteroatoms. The van der Waals surface area contributed by atoms with Gasteiger partial charge in [0.25, 0.3) is 0 Å². The first-order valence-electron chi connectivity index (χ1n) is 8.16. The minimum absolute atomic E-state index is 0.0143. The van der Waals surface area contributed by atoms with Crippen LogP contribution in [0.15, 0.2) is 48.8 Å². The number of amides is 1. The van der Waals surface area contributed by atoms with Crippen molar-refractivity contribution in [3.63, 3.8) is 0 Å². The van der Waals surface area contributed by atoms with E-state index in [-0.39, 0.29) is 5.91 Å². The minimum Gasteiger partial charge on any atom is -0.337 e. The summed E-state index contributed by atoms with van der Waals surface area (Å²) in [4.78, 5) is 20.6. The second-order valence-corrected chi connectivity index (χ2v) is 6.74. The van der Waals surface area contributed by atoms with Crippen molar-refractivity contribution in [2.24, 2.45) is 0 Å². The molecule has 0 unspecified atom stereocenters. The van der Waals surface area contributed by atoms with Crippen LogP contribution in [0.5, 0.6) is 0 Å². The number of aromatic nitrogens is 1. The van der Waals surface area contributed by atoms with Gasteiger partial charge < -0.3 is 4.90 Å². The number of benzene rings is 1. The van der Waals surface area contributed by atoms with Gasteiger partial charge >= 0.3 is 0 Å². The molecular formula is C19H19Cl2N3O. The maximum Gasteiger partial charge on any atom is 0.246 e. The van der Waals surface area contributed by atoms with Crippen LogP contribution >= 0.6 is 23.2 Å². The van der Waals surface area contributed by atoms with Crippen molar-refractivity contribution >= 4 is 35.2 Å². The Morgan fingerprint density at radius 2 is 1.68 bits per heavy atom. The summed E-state index contributed by atoms with van der Waals surface area (Å²) in [5.41, 5.74) is 1.92. The lowest BCUT2D eigenvalue weighted by Gasteiger charge is -2.34. The topological polar surface area (TPSA) is 36.4 Å². The zero-order chi connectivity index (χ0) is 17.6. The van der Waals surface area contributed by atoms with Gasteiger partial charge in [0.05, 0.1) is 0 Å². The van der Waals surface area contributed by atoms with Crippen LogP contribution in [0.25, 0.3) is 6.08 Å². The van der Waals surface area contributed by atoms with Crippen LogP contribution in [-0.2, 0) is 11.3 Å². The fourth-order valence-corrected chi connectivity index (χ4v) is 3.33. The highest BCUT2D eigenvalue weighted by Crippen LogP contribution is 2.25. The Morgan fingerprint density at radius 3 is 2.32 bits per heavy atom. The Balaban J connectivity index is 1.54. The van der Waals surface area contributed by atoms with Crippen LogP contribution < -0.4 is 0 Å². The summed E-state index contributed by atoms with van der Waals surface area (Å²) >= 11 is 12.2. The van der Waals surface area contributed by atoms with Crippen LogP contribution in [-0.4, -0.2) is 46.9 Å². The molecule has 1 amide bonds. The summed E-state index contributed by atoms with van der Waals surface area (Å²) in [6.45, 7) is 4.02. The number of hydrogen-bond acceptors (Lipinski definition) is 3. The first-order chi connectivity index (χ1) is 12.1. The summed E-state index contributed by atoms with van der Waals surface area (Å²) in [5.74, 6) is -0.0143. The fraction of sp³-hybridized carbons (Fsp3) is 0.263. The van der Waals surface area contributed by atoms with E-state index in [4.69, 9.17) is 23.2 Å². The van der Waals surface area contributed by atoms with Gasteiger partial charge in [-0.25, -0.2) is 0 Å². The summed E-state index contributed by atoms with van der Waals surface area (Å²) < 4.78 is 0. The zero-order valence-corrected chi connectivity index (χ0v) is 15.2. The Kier molecular flexibility index (Phi) is 6.08. The molecule has 0 spiro atoms. The second-order valence-electron chi connectivity index (χ2n) is 5.93. The van der Waals surface area contributed by atoms with Gasteiger partial charge in [-0.1, -0.05) is 29.3 Å². The number of hydrogen-bond donors (Lipinski definition) is 0. The van der Waals surface area contributed by atoms with Crippen molar-refractivity contribution in [2.45, 2.75) is 6.54 Å². The Hall–Kier alpha value is -1.88. The van der Waals surface area contributed by atoms with Crippen LogP contribution in [0, 0.1) is 0 Å². The highest BCUT2D eigenvalue weighted by atomic mass is 35.5. The predicted octanol–water partition coefficient (Wildman–Crippen LogP) is 3.75. The molecule has 1 aliphatic heterocycles. The van der Waals surface area contributed by atoms with Crippen LogP contribution in [0.1, 0.15) is 11.1 Å². The third-order valence-electron chi connectivity index (χ3n) is 4.23. The van der Waals surface area contributed by atoms with Crippen molar-refractivity contribution < 1.29 is 4.79 Å². The second kappa shape index (κ2) is 8.48. The smallest absolute Gasteiger partial charge is 0.246 e. The Bertz CT molecular complexity index is 736. The van der Waals surface area contributed by atoms with Gasteiger partial charge in [-0.2, -0.15) is 0 Å². The first-order valence-corrected chi connectivity index (χ1v) is 8.91. The van der Waals surface area contributed by atoms with E-state index in [1.165, 1.54) is 5.56 Å². The number of rotatable bonds is 4. The molecule has 1 aromatic heterocycles. The molecular weight excluding hydrogens is 357 g/mol. The zero-order valence-electron chi connectivity index (χ0n) is 13.7. The Morgan fingerprint density at radius 1 is 1.04 bits per heavy atom. The number of pyridine rings is 1. The van der Waals surface area contributed by atoms with E-state index >= 15 is 0 Å². The molecule has 1 saturated heterocycles. The highest BCUT2D eigenvalue weighted by molar-refractivity contribution is 6.37. The van der Waals surface area contributed by atoms with Gasteiger partial charge in [0, 0.05) is 66.8 Å². The Labute approximate surface area is 157 Å². The van der Waals surface area contributed by atoms with Crippen molar-refractivity contribution in [1.82, 2.24) is 14.8 Å². The summed E-state index contributed by atoms with van der Waals surface area (Å²) in [6.07, 6.45) is 6.85. The summed E-state index contributed by atoms with van der Waals surface area (Å²) in [7, 11) is 0. The molecule has 1 aromatic carbocycles. The van der Waals surface area contributed by atoms with E-state index < -0.39 is 0 Å². The fourth-order valence-electron chi connectivity index (χ4n) is 2.80. The van der Waals surface area contributed by atoms with Crippen LogP contribution in [0.4, 0.5) is 0 Å². The summed E-state index contributed by atoms with van der Waals surface area (Å²) in [6, 6.07) is 9.35. The average Bonchev–Trinajstić information content (AvgIpc) is 2.62. The van der Waals surface area contributed by atoms with Gasteiger partial charge in [-0.05, 0) is 35.9 Å². The maximum atomic E-state index is 12.4. The van der Waals surface area contributed by atoms with Crippen LogP contribution in [0.3, 0.4) is 0 Å². The number of piperazine rings is 1. The maximum absolute atomic E-state index is 12.4. The number of carbonyl (C=O) groups excluding carboxylic acids is 1. The molecule has 1 aliphatic rings. The first kappa shape index (κ1) is 17.9. The van der Waals surface area contributed by atoms with E-state index in [2.05, 4.69) is 9.88 Å². The number of nitrogens with zero attached hydrogens (tertiary/aromatic N) is 3. The molecule has 1 fully saturated rings. The molecule has 2 aromatic rings. The quantitative estimate of drug-likeness (QED) is 0.763. The van der Waals surface area contributed by atoms with E-state index in [0.717, 1.165) is 19.6 Å². The number of halogens is 2. The van der Waals surface area contributed by atoms with Gasteiger partial charge in [0.15, 0.2) is 0 Å². The SMILES string of the molecule is O=C(/C=C/c1c(Cl)cccc1Cl)N1CCN(Cc2ccncc2)CC1. The van der Waals surface area contributed by atoms with Gasteiger partial charge in [-0.15, -0.1) is 0 Å². The summed E-state index contributed by atoms with van der Waals surface area (Å²) in [5, 5.41) is 1.08. The normalized spacial score (nSPS) is 15.7. The van der Waals surface area contributed by atoms with Gasteiger partial charge in [0.1, 0.15) is 0 Å². The molecule has 0 N–H and O–H groups in total. The third-order valence-corrected chi connectivity index (χ3v) is 4.89. The molecule has 130 valence electrons. The lowest BCUT2D eigenvalue weighted by molar-refractivity contribution is -0.127. The minimum atomic E-state index is -0.0143. The molecule has 25 heavy (non-hydrogen) atoms. The standard InChI is InChI=1S/C19H19Cl2N3O/c20-17-2-1-3-18(21)16(17)4-5-19(25)24-12-10-23(11-13-24)14-15-6-8-22-9-7-15/h1-9H,10-14H2/b5-4+. The number of carbonyl (C=O) groups is 1. The average molecular weight is 376 g/mol. The monoisotopic (exact) mass is 375 g/mol. The van der Waals surface area contributed by atoms with Crippen molar-refractivity contribution in [3.8, 4) is 0 Å². The van der Waals surface area contributed by atoms with Crippen molar-refractivity contribution in [2.75, 3.05) is 26.2 Å². The van der Waals surface area contributed by atoms with Crippen LogP contribution in [0.2, 0.25) is 10.0 Å². The predicted molar refractivity (Wildman–Crippen MR) is 102 cm³/mol. The van der Waals surface area contributed by atoms with Gasteiger partial charge in [0.2, 0.25) is 5.91 Å². The van der Waals surface area contributed by atoms with Crippen molar-refractivity contribution in [3.05, 3.63) is 70.0 Å². The molecule has 0 bridgehead atoms. The lowest BCUT2D eigenvalue weighted by atomic mass is 10.2. The van der Waals surface area contributed by atoms with E-state index in [0.29, 0.717) is 28.7 Å². The molecule has 4 nitrogen and oxygen atoms in total. The van der Waals surface area contributed by atoms with Crippen molar-refractivity contribution in [1.29, 1.82) is 0 Å².